The molecule has 0 saturated heterocycles. The topological polar surface area (TPSA) is 37.8 Å². The maximum absolute atomic E-state index is 6.02. The third-order valence-corrected chi connectivity index (χ3v) is 4.98. The molecule has 20 heavy (non-hydrogen) atoms. The number of nitrogens with zero attached hydrogens (tertiary/aromatic N) is 2. The van der Waals surface area contributed by atoms with Gasteiger partial charge in [-0.15, -0.1) is 10.2 Å². The molecule has 1 aromatic heterocycles. The highest BCUT2D eigenvalue weighted by Gasteiger charge is 2.19. The fourth-order valence-corrected chi connectivity index (χ4v) is 3.11. The van der Waals surface area contributed by atoms with Gasteiger partial charge < -0.3 is 5.32 Å². The van der Waals surface area contributed by atoms with E-state index in [2.05, 4.69) is 15.5 Å². The molecule has 106 valence electrons. The summed E-state index contributed by atoms with van der Waals surface area (Å²) < 4.78 is 0. The molecule has 2 aromatic rings. The quantitative estimate of drug-likeness (QED) is 0.808. The van der Waals surface area contributed by atoms with Crippen molar-refractivity contribution in [2.75, 3.05) is 6.54 Å². The molecule has 1 heterocycles. The lowest BCUT2D eigenvalue weighted by Crippen LogP contribution is -2.17. The summed E-state index contributed by atoms with van der Waals surface area (Å²) in [6, 6.07) is 6.33. The monoisotopic (exact) mass is 327 g/mol. The van der Waals surface area contributed by atoms with Gasteiger partial charge in [0.25, 0.3) is 0 Å². The number of hydrogen-bond donors (Lipinski definition) is 1. The molecule has 1 aromatic carbocycles. The minimum Gasteiger partial charge on any atom is -0.314 e. The van der Waals surface area contributed by atoms with Gasteiger partial charge in [-0.3, -0.25) is 0 Å². The Balaban J connectivity index is 1.58. The van der Waals surface area contributed by atoms with Gasteiger partial charge in [0.05, 0.1) is 10.0 Å². The van der Waals surface area contributed by atoms with Crippen LogP contribution >= 0.6 is 34.5 Å². The van der Waals surface area contributed by atoms with E-state index in [-0.39, 0.29) is 0 Å². The van der Waals surface area contributed by atoms with Gasteiger partial charge in [0.1, 0.15) is 10.0 Å². The zero-order valence-corrected chi connectivity index (χ0v) is 13.2. The first kappa shape index (κ1) is 14.3. The SMILES string of the molecule is Clc1ccc(-c2nnc(CCCNC3CC3)s2)cc1Cl. The zero-order chi connectivity index (χ0) is 13.9. The van der Waals surface area contributed by atoms with Crippen molar-refractivity contribution in [2.45, 2.75) is 31.7 Å². The van der Waals surface area contributed by atoms with Gasteiger partial charge in [-0.1, -0.05) is 40.6 Å². The summed E-state index contributed by atoms with van der Waals surface area (Å²) in [7, 11) is 0. The molecule has 3 rings (SSSR count). The average molecular weight is 328 g/mol. The molecular weight excluding hydrogens is 313 g/mol. The average Bonchev–Trinajstić information content (AvgIpc) is 3.15. The van der Waals surface area contributed by atoms with E-state index in [1.165, 1.54) is 12.8 Å². The summed E-state index contributed by atoms with van der Waals surface area (Å²) >= 11 is 13.6. The van der Waals surface area contributed by atoms with Gasteiger partial charge in [-0.2, -0.15) is 0 Å². The van der Waals surface area contributed by atoms with Crippen LogP contribution in [0.5, 0.6) is 0 Å². The van der Waals surface area contributed by atoms with E-state index < -0.39 is 0 Å². The van der Waals surface area contributed by atoms with Crippen LogP contribution in [0.3, 0.4) is 0 Å². The van der Waals surface area contributed by atoms with E-state index in [1.807, 2.05) is 12.1 Å². The van der Waals surface area contributed by atoms with Crippen molar-refractivity contribution >= 4 is 34.5 Å². The standard InChI is InChI=1S/C14H15Cl2N3S/c15-11-6-3-9(8-12(11)16)14-19-18-13(20-14)2-1-7-17-10-4-5-10/h3,6,8,10,17H,1-2,4-5,7H2. The maximum atomic E-state index is 6.02. The number of benzene rings is 1. The van der Waals surface area contributed by atoms with Gasteiger partial charge >= 0.3 is 0 Å². The third-order valence-electron chi connectivity index (χ3n) is 3.21. The summed E-state index contributed by atoms with van der Waals surface area (Å²) in [5.41, 5.74) is 0.972. The van der Waals surface area contributed by atoms with Crippen LogP contribution in [-0.4, -0.2) is 22.8 Å². The second kappa shape index (κ2) is 6.39. The highest BCUT2D eigenvalue weighted by atomic mass is 35.5. The van der Waals surface area contributed by atoms with Gasteiger partial charge in [-0.25, -0.2) is 0 Å². The first-order valence-corrected chi connectivity index (χ1v) is 8.31. The molecule has 0 radical (unpaired) electrons. The number of aryl methyl sites for hydroxylation is 1. The number of halogens is 2. The lowest BCUT2D eigenvalue weighted by molar-refractivity contribution is 0.643. The van der Waals surface area contributed by atoms with Crippen LogP contribution in [-0.2, 0) is 6.42 Å². The molecule has 0 spiro atoms. The Kier molecular flexibility index (Phi) is 4.56. The van der Waals surface area contributed by atoms with Crippen molar-refractivity contribution in [2.24, 2.45) is 0 Å². The normalized spacial score (nSPS) is 14.7. The predicted molar refractivity (Wildman–Crippen MR) is 84.7 cm³/mol. The fourth-order valence-electron chi connectivity index (χ4n) is 1.93. The Bertz CT molecular complexity index is 596. The first-order valence-electron chi connectivity index (χ1n) is 6.73. The molecule has 0 amide bonds. The molecule has 0 atom stereocenters. The van der Waals surface area contributed by atoms with Crippen LogP contribution in [0, 0.1) is 0 Å². The van der Waals surface area contributed by atoms with E-state index >= 15 is 0 Å². The summed E-state index contributed by atoms with van der Waals surface area (Å²) in [6.45, 7) is 1.06. The molecule has 3 nitrogen and oxygen atoms in total. The Hall–Kier alpha value is -0.680. The van der Waals surface area contributed by atoms with Crippen LogP contribution in [0.1, 0.15) is 24.3 Å². The number of aromatic nitrogens is 2. The van der Waals surface area contributed by atoms with Crippen molar-refractivity contribution in [1.29, 1.82) is 0 Å². The van der Waals surface area contributed by atoms with E-state index in [0.29, 0.717) is 10.0 Å². The molecule has 1 aliphatic rings. The molecule has 1 saturated carbocycles. The summed E-state index contributed by atoms with van der Waals surface area (Å²) in [6.07, 6.45) is 4.74. The maximum Gasteiger partial charge on any atom is 0.147 e. The molecule has 0 bridgehead atoms. The Morgan fingerprint density at radius 1 is 1.20 bits per heavy atom. The second-order valence-corrected chi connectivity index (χ2v) is 6.84. The van der Waals surface area contributed by atoms with Crippen molar-refractivity contribution < 1.29 is 0 Å². The number of hydrogen-bond acceptors (Lipinski definition) is 4. The van der Waals surface area contributed by atoms with E-state index in [1.54, 1.807) is 17.4 Å². The fraction of sp³-hybridized carbons (Fsp3) is 0.429. The lowest BCUT2D eigenvalue weighted by Gasteiger charge is -1.99. The molecule has 1 fully saturated rings. The first-order chi connectivity index (χ1) is 9.72. The van der Waals surface area contributed by atoms with Crippen molar-refractivity contribution in [3.05, 3.63) is 33.3 Å². The molecule has 1 aliphatic carbocycles. The highest BCUT2D eigenvalue weighted by molar-refractivity contribution is 7.14. The van der Waals surface area contributed by atoms with Crippen LogP contribution in [0.15, 0.2) is 18.2 Å². The third kappa shape index (κ3) is 3.70. The van der Waals surface area contributed by atoms with Crippen molar-refractivity contribution in [3.63, 3.8) is 0 Å². The molecule has 1 N–H and O–H groups in total. The van der Waals surface area contributed by atoms with E-state index in [4.69, 9.17) is 23.2 Å². The largest absolute Gasteiger partial charge is 0.314 e. The molecule has 0 unspecified atom stereocenters. The van der Waals surface area contributed by atoms with E-state index in [0.717, 1.165) is 41.0 Å². The van der Waals surface area contributed by atoms with Gasteiger partial charge in [0, 0.05) is 18.0 Å². The Labute approximate surface area is 132 Å². The van der Waals surface area contributed by atoms with E-state index in [9.17, 15) is 0 Å². The summed E-state index contributed by atoms with van der Waals surface area (Å²) in [4.78, 5) is 0. The summed E-state index contributed by atoms with van der Waals surface area (Å²) in [5, 5.41) is 15.1. The highest BCUT2D eigenvalue weighted by Crippen LogP contribution is 2.30. The minimum absolute atomic E-state index is 0.551. The minimum atomic E-state index is 0.551. The second-order valence-electron chi connectivity index (χ2n) is 4.96. The van der Waals surface area contributed by atoms with Crippen LogP contribution < -0.4 is 5.32 Å². The lowest BCUT2D eigenvalue weighted by atomic mass is 10.2. The smallest absolute Gasteiger partial charge is 0.147 e. The molecule has 6 heteroatoms. The summed E-state index contributed by atoms with van der Waals surface area (Å²) in [5.74, 6) is 0. The van der Waals surface area contributed by atoms with Crippen molar-refractivity contribution in [1.82, 2.24) is 15.5 Å². The Morgan fingerprint density at radius 2 is 2.05 bits per heavy atom. The zero-order valence-electron chi connectivity index (χ0n) is 10.9. The number of nitrogens with one attached hydrogen (secondary N) is 1. The number of rotatable bonds is 6. The van der Waals surface area contributed by atoms with Crippen LogP contribution in [0.2, 0.25) is 10.0 Å². The predicted octanol–water partition coefficient (Wildman–Crippen LogP) is 4.20. The van der Waals surface area contributed by atoms with Crippen LogP contribution in [0.25, 0.3) is 10.6 Å². The van der Waals surface area contributed by atoms with Crippen molar-refractivity contribution in [3.8, 4) is 10.6 Å². The van der Waals surface area contributed by atoms with Gasteiger partial charge in [0.2, 0.25) is 0 Å². The molecule has 0 aliphatic heterocycles. The van der Waals surface area contributed by atoms with Gasteiger partial charge in [0.15, 0.2) is 0 Å². The Morgan fingerprint density at radius 3 is 2.80 bits per heavy atom. The van der Waals surface area contributed by atoms with Crippen LogP contribution in [0.4, 0.5) is 0 Å². The molecular formula is C14H15Cl2N3S. The van der Waals surface area contributed by atoms with Gasteiger partial charge in [-0.05, 0) is 37.9 Å².